The van der Waals surface area contributed by atoms with Gasteiger partial charge in [-0.05, 0) is 36.4 Å². The van der Waals surface area contributed by atoms with E-state index in [2.05, 4.69) is 16.3 Å². The second-order valence-electron chi connectivity index (χ2n) is 7.85. The van der Waals surface area contributed by atoms with Gasteiger partial charge in [-0.15, -0.1) is 0 Å². The predicted octanol–water partition coefficient (Wildman–Crippen LogP) is 4.03. The molecule has 4 rings (SSSR count). The van der Waals surface area contributed by atoms with Crippen LogP contribution in [0.3, 0.4) is 0 Å². The molecule has 0 aliphatic carbocycles. The third-order valence-electron chi connectivity index (χ3n) is 5.52. The number of rotatable bonds is 7. The van der Waals surface area contributed by atoms with Gasteiger partial charge in [0.1, 0.15) is 11.8 Å². The monoisotopic (exact) mass is 507 g/mol. The minimum absolute atomic E-state index is 0.233. The van der Waals surface area contributed by atoms with E-state index >= 15 is 0 Å². The van der Waals surface area contributed by atoms with E-state index in [0.29, 0.717) is 46.4 Å². The van der Waals surface area contributed by atoms with Gasteiger partial charge >= 0.3 is 0 Å². The summed E-state index contributed by atoms with van der Waals surface area (Å²) in [7, 11) is -0.795. The van der Waals surface area contributed by atoms with Crippen molar-refractivity contribution >= 4 is 45.5 Å². The number of hydrogen-bond donors (Lipinski definition) is 1. The lowest BCUT2D eigenvalue weighted by molar-refractivity contribution is -0.118. The largest absolute Gasteiger partial charge is 0.483 e. The molecule has 3 aromatic rings. The van der Waals surface area contributed by atoms with Crippen LogP contribution in [0.2, 0.25) is 5.02 Å². The van der Waals surface area contributed by atoms with Crippen molar-refractivity contribution in [2.45, 2.75) is 0 Å². The maximum atomic E-state index is 12.9. The molecule has 0 radical (unpaired) electrons. The normalized spacial score (nSPS) is 13.7. The Kier molecular flexibility index (Phi) is 7.80. The average molecular weight is 508 g/mol. The number of carbonyl (C=O) groups is 2. The maximum absolute atomic E-state index is 12.9. The molecule has 0 spiro atoms. The molecule has 1 aliphatic rings. The summed E-state index contributed by atoms with van der Waals surface area (Å²) in [6.07, 6.45) is 0. The molecule has 1 fully saturated rings. The Morgan fingerprint density at radius 1 is 1.06 bits per heavy atom. The topological polar surface area (TPSA) is 99.5 Å². The van der Waals surface area contributed by atoms with Crippen molar-refractivity contribution in [3.63, 3.8) is 0 Å². The smallest absolute Gasteiger partial charge is 0.262 e. The molecule has 0 bridgehead atoms. The Bertz CT molecular complexity index is 1310. The first-order chi connectivity index (χ1) is 16.9. The van der Waals surface area contributed by atoms with Crippen LogP contribution < -0.4 is 15.0 Å². The number of ketones is 1. The van der Waals surface area contributed by atoms with Crippen LogP contribution in [-0.2, 0) is 15.6 Å². The number of nitrogens with zero attached hydrogens (tertiary/aromatic N) is 2. The lowest BCUT2D eigenvalue weighted by Gasteiger charge is -2.28. The van der Waals surface area contributed by atoms with Gasteiger partial charge < -0.3 is 15.0 Å². The highest BCUT2D eigenvalue weighted by atomic mass is 35.5. The van der Waals surface area contributed by atoms with Crippen molar-refractivity contribution in [1.82, 2.24) is 0 Å². The Morgan fingerprint density at radius 3 is 2.51 bits per heavy atom. The van der Waals surface area contributed by atoms with Gasteiger partial charge in [-0.25, -0.2) is 0 Å². The number of hydrogen-bond acceptors (Lipinski definition) is 6. The maximum Gasteiger partial charge on any atom is 0.262 e. The van der Waals surface area contributed by atoms with Crippen molar-refractivity contribution in [3.8, 4) is 11.8 Å². The van der Waals surface area contributed by atoms with Crippen LogP contribution in [-0.4, -0.2) is 47.1 Å². The van der Waals surface area contributed by atoms with Crippen LogP contribution in [0.25, 0.3) is 0 Å². The molecule has 0 unspecified atom stereocenters. The molecule has 7 nitrogen and oxygen atoms in total. The summed E-state index contributed by atoms with van der Waals surface area (Å²) in [5.41, 5.74) is 2.25. The number of amides is 1. The van der Waals surface area contributed by atoms with E-state index in [1.807, 2.05) is 12.1 Å². The molecule has 35 heavy (non-hydrogen) atoms. The lowest BCUT2D eigenvalue weighted by atomic mass is 10.0. The molecule has 1 amide bonds. The lowest BCUT2D eigenvalue weighted by Crippen LogP contribution is -2.37. The molecule has 1 N–H and O–H groups in total. The molecule has 0 atom stereocenters. The van der Waals surface area contributed by atoms with Crippen LogP contribution in [0, 0.1) is 11.3 Å². The third-order valence-corrected chi connectivity index (χ3v) is 7.03. The second kappa shape index (κ2) is 11.2. The van der Waals surface area contributed by atoms with Crippen LogP contribution in [0.4, 0.5) is 11.4 Å². The summed E-state index contributed by atoms with van der Waals surface area (Å²) in [6, 6.07) is 20.7. The molecular formula is C26H22ClN3O4S. The number of nitriles is 1. The number of nitrogens with one attached hydrogen (secondary N) is 1. The summed E-state index contributed by atoms with van der Waals surface area (Å²) >= 11 is 6.09. The standard InChI is InChI=1S/C26H22ClN3O4S/c27-20-6-9-24(22(15-20)26(32)18-4-2-1-3-5-18)34-17-25(31)29-23-8-7-21(14-19(23)16-28)30-10-12-35(33)13-11-30/h1-9,14-15H,10-13,17H2,(H,29,31). The summed E-state index contributed by atoms with van der Waals surface area (Å²) < 4.78 is 17.3. The van der Waals surface area contributed by atoms with E-state index in [-0.39, 0.29) is 23.7 Å². The van der Waals surface area contributed by atoms with Gasteiger partial charge in [0.05, 0.1) is 16.8 Å². The molecule has 0 aromatic heterocycles. The average Bonchev–Trinajstić information content (AvgIpc) is 2.88. The van der Waals surface area contributed by atoms with E-state index in [4.69, 9.17) is 16.3 Å². The quantitative estimate of drug-likeness (QED) is 0.485. The first kappa shape index (κ1) is 24.5. The van der Waals surface area contributed by atoms with Gasteiger partial charge in [0.15, 0.2) is 12.4 Å². The molecule has 178 valence electrons. The van der Waals surface area contributed by atoms with Gasteiger partial charge in [0, 0.05) is 51.7 Å². The van der Waals surface area contributed by atoms with Gasteiger partial charge in [0.2, 0.25) is 0 Å². The number of carbonyl (C=O) groups excluding carboxylic acids is 2. The molecule has 1 heterocycles. The number of ether oxygens (including phenoxy) is 1. The van der Waals surface area contributed by atoms with Crippen molar-refractivity contribution in [3.05, 3.63) is 88.4 Å². The van der Waals surface area contributed by atoms with Gasteiger partial charge in [-0.3, -0.25) is 13.8 Å². The number of halogens is 1. The van der Waals surface area contributed by atoms with E-state index < -0.39 is 16.7 Å². The van der Waals surface area contributed by atoms with Crippen molar-refractivity contribution in [1.29, 1.82) is 5.26 Å². The minimum Gasteiger partial charge on any atom is -0.483 e. The number of benzene rings is 3. The molecule has 1 aliphatic heterocycles. The molecule has 1 saturated heterocycles. The van der Waals surface area contributed by atoms with E-state index in [9.17, 15) is 19.1 Å². The van der Waals surface area contributed by atoms with Gasteiger partial charge in [-0.1, -0.05) is 41.9 Å². The zero-order chi connectivity index (χ0) is 24.8. The predicted molar refractivity (Wildman–Crippen MR) is 137 cm³/mol. The summed E-state index contributed by atoms with van der Waals surface area (Å²) in [5.74, 6) is 0.675. The van der Waals surface area contributed by atoms with Gasteiger partial charge in [-0.2, -0.15) is 5.26 Å². The number of anilines is 2. The highest BCUT2D eigenvalue weighted by molar-refractivity contribution is 7.85. The molecular weight excluding hydrogens is 486 g/mol. The van der Waals surface area contributed by atoms with Crippen LogP contribution in [0.15, 0.2) is 66.7 Å². The third kappa shape index (κ3) is 6.07. The second-order valence-corrected chi connectivity index (χ2v) is 9.98. The summed E-state index contributed by atoms with van der Waals surface area (Å²) in [5, 5.41) is 12.7. The summed E-state index contributed by atoms with van der Waals surface area (Å²) in [4.78, 5) is 27.6. The van der Waals surface area contributed by atoms with Crippen molar-refractivity contribution in [2.75, 3.05) is 41.4 Å². The fourth-order valence-corrected chi connectivity index (χ4v) is 4.93. The van der Waals surface area contributed by atoms with Crippen LogP contribution in [0.1, 0.15) is 21.5 Å². The Morgan fingerprint density at radius 2 is 1.80 bits per heavy atom. The summed E-state index contributed by atoms with van der Waals surface area (Å²) in [6.45, 7) is 0.950. The van der Waals surface area contributed by atoms with Crippen molar-refractivity contribution in [2.24, 2.45) is 0 Å². The minimum atomic E-state index is -0.795. The fourth-order valence-electron chi connectivity index (χ4n) is 3.71. The van der Waals surface area contributed by atoms with Crippen LogP contribution >= 0.6 is 11.6 Å². The molecule has 0 saturated carbocycles. The van der Waals surface area contributed by atoms with Gasteiger partial charge in [0.25, 0.3) is 5.91 Å². The van der Waals surface area contributed by atoms with E-state index in [1.165, 1.54) is 6.07 Å². The van der Waals surface area contributed by atoms with E-state index in [1.54, 1.807) is 48.5 Å². The fraction of sp³-hybridized carbons (Fsp3) is 0.192. The zero-order valence-corrected chi connectivity index (χ0v) is 20.3. The zero-order valence-electron chi connectivity index (χ0n) is 18.7. The van der Waals surface area contributed by atoms with Crippen molar-refractivity contribution < 1.29 is 18.5 Å². The Hall–Kier alpha value is -3.67. The molecule has 9 heteroatoms. The van der Waals surface area contributed by atoms with Crippen LogP contribution in [0.5, 0.6) is 5.75 Å². The first-order valence-electron chi connectivity index (χ1n) is 10.9. The highest BCUT2D eigenvalue weighted by Gasteiger charge is 2.19. The van der Waals surface area contributed by atoms with E-state index in [0.717, 1.165) is 5.69 Å². The first-order valence-corrected chi connectivity index (χ1v) is 12.8. The molecule has 3 aromatic carbocycles. The SMILES string of the molecule is N#Cc1cc(N2CCS(=O)CC2)ccc1NC(=O)COc1ccc(Cl)cc1C(=O)c1ccccc1. The highest BCUT2D eigenvalue weighted by Crippen LogP contribution is 2.27. The Labute approximate surface area is 210 Å². The Balaban J connectivity index is 1.44.